The highest BCUT2D eigenvalue weighted by atomic mass is 32.2. The summed E-state index contributed by atoms with van der Waals surface area (Å²) in [5.74, 6) is 0.0767. The monoisotopic (exact) mass is 218 g/mol. The van der Waals surface area contributed by atoms with Crippen LogP contribution in [-0.4, -0.2) is 37.0 Å². The summed E-state index contributed by atoms with van der Waals surface area (Å²) >= 11 is 1.84. The van der Waals surface area contributed by atoms with Gasteiger partial charge in [0, 0.05) is 11.3 Å². The first-order chi connectivity index (χ1) is 6.64. The summed E-state index contributed by atoms with van der Waals surface area (Å²) in [5, 5.41) is 5.79. The summed E-state index contributed by atoms with van der Waals surface area (Å²) in [7, 11) is 1.78. The van der Waals surface area contributed by atoms with Crippen LogP contribution in [-0.2, 0) is 4.79 Å². The predicted molar refractivity (Wildman–Crippen MR) is 63.8 cm³/mol. The molecule has 1 amide bonds. The molecule has 4 heteroatoms. The Morgan fingerprint density at radius 1 is 1.36 bits per heavy atom. The van der Waals surface area contributed by atoms with Crippen LogP contribution in [0.1, 0.15) is 26.7 Å². The van der Waals surface area contributed by atoms with Crippen LogP contribution in [0.3, 0.4) is 0 Å². The Morgan fingerprint density at radius 2 is 1.93 bits per heavy atom. The molecule has 0 aliphatic heterocycles. The molecule has 3 nitrogen and oxygen atoms in total. The van der Waals surface area contributed by atoms with Gasteiger partial charge in [-0.3, -0.25) is 4.79 Å². The molecule has 0 aromatic heterocycles. The Labute approximate surface area is 91.4 Å². The molecule has 0 fully saturated rings. The number of carbonyl (C=O) groups is 1. The van der Waals surface area contributed by atoms with Crippen molar-refractivity contribution in [1.82, 2.24) is 10.6 Å². The quantitative estimate of drug-likeness (QED) is 0.675. The van der Waals surface area contributed by atoms with Crippen molar-refractivity contribution in [3.05, 3.63) is 0 Å². The minimum absolute atomic E-state index is 0.0767. The second-order valence-corrected chi connectivity index (χ2v) is 4.68. The molecule has 0 aromatic rings. The molecule has 2 N–H and O–H groups in total. The maximum Gasteiger partial charge on any atom is 0.233 e. The van der Waals surface area contributed by atoms with E-state index in [1.165, 1.54) is 0 Å². The highest BCUT2D eigenvalue weighted by molar-refractivity contribution is 8.00. The maximum atomic E-state index is 11.3. The van der Waals surface area contributed by atoms with Crippen LogP contribution in [0.4, 0.5) is 0 Å². The van der Waals surface area contributed by atoms with Crippen LogP contribution in [0.15, 0.2) is 0 Å². The molecule has 0 aliphatic rings. The Balaban J connectivity index is 3.99. The Kier molecular flexibility index (Phi) is 7.01. The average Bonchev–Trinajstić information content (AvgIpc) is 2.21. The van der Waals surface area contributed by atoms with Crippen molar-refractivity contribution in [1.29, 1.82) is 0 Å². The number of thioether (sulfide) groups is 1. The predicted octanol–water partition coefficient (Wildman–Crippen LogP) is 1.24. The maximum absolute atomic E-state index is 11.3. The molecule has 0 aromatic carbocycles. The smallest absolute Gasteiger partial charge is 0.233 e. The molecule has 0 unspecified atom stereocenters. The third-order valence-electron chi connectivity index (χ3n) is 2.67. The average molecular weight is 218 g/mol. The van der Waals surface area contributed by atoms with Gasteiger partial charge >= 0.3 is 0 Å². The molecule has 0 saturated heterocycles. The van der Waals surface area contributed by atoms with Gasteiger partial charge in [-0.1, -0.05) is 13.8 Å². The molecule has 0 bridgehead atoms. The third kappa shape index (κ3) is 4.33. The summed E-state index contributed by atoms with van der Waals surface area (Å²) < 4.78 is 0.212. The number of rotatable bonds is 7. The van der Waals surface area contributed by atoms with E-state index in [2.05, 4.69) is 30.7 Å². The van der Waals surface area contributed by atoms with Crippen molar-refractivity contribution in [2.75, 3.05) is 26.4 Å². The van der Waals surface area contributed by atoms with Crippen molar-refractivity contribution in [3.63, 3.8) is 0 Å². The van der Waals surface area contributed by atoms with Crippen LogP contribution in [0.5, 0.6) is 0 Å². The number of nitrogens with one attached hydrogen (secondary N) is 2. The van der Waals surface area contributed by atoms with Gasteiger partial charge in [0.1, 0.15) is 0 Å². The van der Waals surface area contributed by atoms with E-state index in [1.807, 2.05) is 11.8 Å². The van der Waals surface area contributed by atoms with E-state index in [-0.39, 0.29) is 10.7 Å². The van der Waals surface area contributed by atoms with E-state index in [4.69, 9.17) is 0 Å². The normalized spacial score (nSPS) is 11.4. The van der Waals surface area contributed by atoms with Crippen molar-refractivity contribution >= 4 is 17.7 Å². The number of likely N-dealkylation sites (N-methyl/N-ethyl adjacent to an activating group) is 1. The van der Waals surface area contributed by atoms with Crippen LogP contribution in [0.2, 0.25) is 0 Å². The molecule has 0 atom stereocenters. The standard InChI is InChI=1S/C10H22N2OS/c1-5-10(6-2,14-4)8-12-9(13)7-11-3/h11H,5-8H2,1-4H3,(H,12,13). The van der Waals surface area contributed by atoms with Crippen LogP contribution < -0.4 is 10.6 Å². The van der Waals surface area contributed by atoms with Crippen LogP contribution >= 0.6 is 11.8 Å². The van der Waals surface area contributed by atoms with Gasteiger partial charge in [-0.15, -0.1) is 0 Å². The fraction of sp³-hybridized carbons (Fsp3) is 0.900. The molecule has 0 rings (SSSR count). The molecule has 0 radical (unpaired) electrons. The lowest BCUT2D eigenvalue weighted by molar-refractivity contribution is -0.120. The summed E-state index contributed by atoms with van der Waals surface area (Å²) in [6.07, 6.45) is 4.28. The van der Waals surface area contributed by atoms with E-state index in [9.17, 15) is 4.79 Å². The van der Waals surface area contributed by atoms with Gasteiger partial charge in [-0.2, -0.15) is 11.8 Å². The van der Waals surface area contributed by atoms with E-state index in [0.717, 1.165) is 19.4 Å². The van der Waals surface area contributed by atoms with Gasteiger partial charge in [0.15, 0.2) is 0 Å². The second-order valence-electron chi connectivity index (χ2n) is 3.40. The minimum Gasteiger partial charge on any atom is -0.354 e. The Morgan fingerprint density at radius 3 is 2.29 bits per heavy atom. The molecule has 0 heterocycles. The summed E-state index contributed by atoms with van der Waals surface area (Å²) in [5.41, 5.74) is 0. The van der Waals surface area contributed by atoms with E-state index in [0.29, 0.717) is 6.54 Å². The van der Waals surface area contributed by atoms with E-state index < -0.39 is 0 Å². The molecule has 0 spiro atoms. The van der Waals surface area contributed by atoms with Gasteiger partial charge in [0.05, 0.1) is 6.54 Å². The number of hydrogen-bond donors (Lipinski definition) is 2. The SMILES string of the molecule is CCC(CC)(CNC(=O)CNC)SC. The third-order valence-corrected chi connectivity index (χ3v) is 4.25. The summed E-state index contributed by atoms with van der Waals surface area (Å²) in [6, 6.07) is 0. The van der Waals surface area contributed by atoms with Crippen molar-refractivity contribution in [3.8, 4) is 0 Å². The largest absolute Gasteiger partial charge is 0.354 e. The van der Waals surface area contributed by atoms with Crippen molar-refractivity contribution in [2.45, 2.75) is 31.4 Å². The summed E-state index contributed by atoms with van der Waals surface area (Å²) in [4.78, 5) is 11.3. The first-order valence-electron chi connectivity index (χ1n) is 5.10. The number of hydrogen-bond acceptors (Lipinski definition) is 3. The lowest BCUT2D eigenvalue weighted by Crippen LogP contribution is -2.42. The van der Waals surface area contributed by atoms with Gasteiger partial charge in [-0.25, -0.2) is 0 Å². The van der Waals surface area contributed by atoms with E-state index >= 15 is 0 Å². The first kappa shape index (κ1) is 13.8. The zero-order valence-corrected chi connectivity index (χ0v) is 10.5. The fourth-order valence-corrected chi connectivity index (χ4v) is 2.14. The van der Waals surface area contributed by atoms with Gasteiger partial charge < -0.3 is 10.6 Å². The summed E-state index contributed by atoms with van der Waals surface area (Å²) in [6.45, 7) is 5.51. The lowest BCUT2D eigenvalue weighted by atomic mass is 10.0. The van der Waals surface area contributed by atoms with Crippen molar-refractivity contribution in [2.24, 2.45) is 0 Å². The zero-order valence-electron chi connectivity index (χ0n) is 9.64. The number of carbonyl (C=O) groups excluding carboxylic acids is 1. The first-order valence-corrected chi connectivity index (χ1v) is 6.33. The zero-order chi connectivity index (χ0) is 11.0. The Hall–Kier alpha value is -0.220. The second kappa shape index (κ2) is 7.12. The molecule has 0 aliphatic carbocycles. The van der Waals surface area contributed by atoms with Gasteiger partial charge in [0.25, 0.3) is 0 Å². The molecule has 0 saturated carbocycles. The highest BCUT2D eigenvalue weighted by Gasteiger charge is 2.24. The van der Waals surface area contributed by atoms with Gasteiger partial charge in [-0.05, 0) is 26.1 Å². The molecular formula is C10H22N2OS. The van der Waals surface area contributed by atoms with Gasteiger partial charge in [0.2, 0.25) is 5.91 Å². The minimum atomic E-state index is 0.0767. The van der Waals surface area contributed by atoms with E-state index in [1.54, 1.807) is 7.05 Å². The Bertz CT molecular complexity index is 161. The van der Waals surface area contributed by atoms with Crippen molar-refractivity contribution < 1.29 is 4.79 Å². The highest BCUT2D eigenvalue weighted by Crippen LogP contribution is 2.29. The number of amides is 1. The topological polar surface area (TPSA) is 41.1 Å². The van der Waals surface area contributed by atoms with Crippen LogP contribution in [0, 0.1) is 0 Å². The molecular weight excluding hydrogens is 196 g/mol. The lowest BCUT2D eigenvalue weighted by Gasteiger charge is -2.29. The molecule has 14 heavy (non-hydrogen) atoms. The molecule has 84 valence electrons. The van der Waals surface area contributed by atoms with Crippen LogP contribution in [0.25, 0.3) is 0 Å². The fourth-order valence-electron chi connectivity index (χ4n) is 1.34.